The number of aryl methyl sites for hydroxylation is 1. The molecule has 1 aliphatic rings. The van der Waals surface area contributed by atoms with E-state index >= 15 is 0 Å². The first kappa shape index (κ1) is 22.7. The van der Waals surface area contributed by atoms with Crippen LogP contribution in [0.3, 0.4) is 0 Å². The van der Waals surface area contributed by atoms with Crippen molar-refractivity contribution >= 4 is 28.1 Å². The predicted molar refractivity (Wildman–Crippen MR) is 129 cm³/mol. The molecule has 0 unspecified atom stereocenters. The average molecular weight is 495 g/mol. The molecule has 1 aromatic carbocycles. The van der Waals surface area contributed by atoms with Crippen molar-refractivity contribution in [2.45, 2.75) is 25.5 Å². The van der Waals surface area contributed by atoms with Crippen molar-refractivity contribution in [3.63, 3.8) is 0 Å². The van der Waals surface area contributed by atoms with E-state index in [1.54, 1.807) is 18.0 Å². The number of aromatic nitrogens is 4. The molecule has 0 radical (unpaired) electrons. The molecule has 2 N–H and O–H groups in total. The molecule has 1 amide bonds. The lowest BCUT2D eigenvalue weighted by Gasteiger charge is -2.23. The first-order valence-electron chi connectivity index (χ1n) is 10.7. The molecule has 3 heterocycles. The number of carbonyl (C=O) groups is 1. The molecule has 1 aliphatic carbocycles. The lowest BCUT2D eigenvalue weighted by Crippen LogP contribution is -2.25. The minimum absolute atomic E-state index is 0.0341. The number of anilines is 2. The van der Waals surface area contributed by atoms with Crippen molar-refractivity contribution in [3.8, 4) is 10.9 Å². The Hall–Kier alpha value is -4.03. The number of hydrogen-bond donors (Lipinski definition) is 2. The predicted octanol–water partition coefficient (Wildman–Crippen LogP) is 2.97. The first-order valence-corrected chi connectivity index (χ1v) is 11.5. The molecule has 0 fully saturated rings. The Labute approximate surface area is 203 Å². The van der Waals surface area contributed by atoms with Gasteiger partial charge < -0.3 is 19.2 Å². The van der Waals surface area contributed by atoms with Crippen LogP contribution in [0.4, 0.5) is 10.8 Å². The van der Waals surface area contributed by atoms with Crippen molar-refractivity contribution in [1.82, 2.24) is 20.0 Å². The second kappa shape index (κ2) is 9.31. The lowest BCUT2D eigenvalue weighted by molar-refractivity contribution is 0.0959. The van der Waals surface area contributed by atoms with Crippen molar-refractivity contribution in [2.24, 2.45) is 0 Å². The van der Waals surface area contributed by atoms with Gasteiger partial charge in [0, 0.05) is 31.5 Å². The normalized spacial score (nSPS) is 16.7. The molecule has 0 spiro atoms. The SMILES string of the molecule is COc1c(N[C@@H]2c3ccccc3C[C@@H]2OC)cc(C(=O)Nc2nnc(-n3nccc3C)s2)oc1=O. The molecule has 180 valence electrons. The number of nitrogens with one attached hydrogen (secondary N) is 2. The molecule has 12 heteroatoms. The van der Waals surface area contributed by atoms with Gasteiger partial charge in [0.2, 0.25) is 16.0 Å². The molecule has 4 aromatic rings. The smallest absolute Gasteiger partial charge is 0.381 e. The zero-order chi connectivity index (χ0) is 24.5. The van der Waals surface area contributed by atoms with Gasteiger partial charge in [0.15, 0.2) is 5.76 Å². The molecule has 2 atom stereocenters. The van der Waals surface area contributed by atoms with E-state index in [4.69, 9.17) is 13.9 Å². The van der Waals surface area contributed by atoms with Gasteiger partial charge in [0.05, 0.1) is 24.9 Å². The van der Waals surface area contributed by atoms with Crippen LogP contribution >= 0.6 is 11.3 Å². The summed E-state index contributed by atoms with van der Waals surface area (Å²) in [6, 6.07) is 11.0. The Balaban J connectivity index is 1.42. The Morgan fingerprint density at radius 3 is 2.80 bits per heavy atom. The van der Waals surface area contributed by atoms with Crippen LogP contribution in [0.15, 0.2) is 51.8 Å². The van der Waals surface area contributed by atoms with E-state index in [0.717, 1.165) is 34.6 Å². The summed E-state index contributed by atoms with van der Waals surface area (Å²) < 4.78 is 17.8. The van der Waals surface area contributed by atoms with Gasteiger partial charge in [0.25, 0.3) is 5.91 Å². The molecule has 0 bridgehead atoms. The van der Waals surface area contributed by atoms with Crippen molar-refractivity contribution in [2.75, 3.05) is 24.9 Å². The van der Waals surface area contributed by atoms with Crippen molar-refractivity contribution < 1.29 is 18.7 Å². The highest BCUT2D eigenvalue weighted by molar-refractivity contribution is 7.17. The molecule has 0 aliphatic heterocycles. The maximum atomic E-state index is 12.9. The van der Waals surface area contributed by atoms with Crippen LogP contribution in [0.25, 0.3) is 5.13 Å². The molecule has 0 saturated heterocycles. The summed E-state index contributed by atoms with van der Waals surface area (Å²) in [5.41, 5.74) is 2.61. The molecular weight excluding hydrogens is 472 g/mol. The Morgan fingerprint density at radius 2 is 2.06 bits per heavy atom. The molecule has 5 rings (SSSR count). The van der Waals surface area contributed by atoms with E-state index in [1.807, 2.05) is 37.3 Å². The van der Waals surface area contributed by atoms with Gasteiger partial charge in [-0.05, 0) is 24.1 Å². The van der Waals surface area contributed by atoms with Gasteiger partial charge in [-0.3, -0.25) is 10.1 Å². The van der Waals surface area contributed by atoms with Crippen LogP contribution in [0.5, 0.6) is 5.75 Å². The number of methoxy groups -OCH3 is 2. The number of fused-ring (bicyclic) bond motifs is 1. The number of rotatable bonds is 7. The van der Waals surface area contributed by atoms with E-state index in [-0.39, 0.29) is 28.8 Å². The Bertz CT molecular complexity index is 1440. The summed E-state index contributed by atoms with van der Waals surface area (Å²) in [7, 11) is 3.01. The van der Waals surface area contributed by atoms with Crippen molar-refractivity contribution in [3.05, 3.63) is 75.6 Å². The highest BCUT2D eigenvalue weighted by Gasteiger charge is 2.33. The molecule has 11 nitrogen and oxygen atoms in total. The summed E-state index contributed by atoms with van der Waals surface area (Å²) >= 11 is 1.14. The second-order valence-corrected chi connectivity index (χ2v) is 8.83. The summed E-state index contributed by atoms with van der Waals surface area (Å²) in [4.78, 5) is 25.6. The highest BCUT2D eigenvalue weighted by Crippen LogP contribution is 2.37. The molecular formula is C23H22N6O5S. The van der Waals surface area contributed by atoms with Gasteiger partial charge in [-0.1, -0.05) is 35.6 Å². The third-order valence-electron chi connectivity index (χ3n) is 5.78. The highest BCUT2D eigenvalue weighted by atomic mass is 32.1. The number of carbonyl (C=O) groups excluding carboxylic acids is 1. The lowest BCUT2D eigenvalue weighted by atomic mass is 10.1. The number of amides is 1. The van der Waals surface area contributed by atoms with E-state index < -0.39 is 11.5 Å². The van der Waals surface area contributed by atoms with E-state index in [2.05, 4.69) is 25.9 Å². The van der Waals surface area contributed by atoms with Gasteiger partial charge >= 0.3 is 5.63 Å². The fourth-order valence-electron chi connectivity index (χ4n) is 4.09. The van der Waals surface area contributed by atoms with E-state index in [1.165, 1.54) is 13.2 Å². The van der Waals surface area contributed by atoms with Crippen LogP contribution in [0.2, 0.25) is 0 Å². The largest absolute Gasteiger partial charge is 0.488 e. The van der Waals surface area contributed by atoms with Gasteiger partial charge in [0.1, 0.15) is 0 Å². The average Bonchev–Trinajstić information content (AvgIpc) is 3.57. The maximum absolute atomic E-state index is 12.9. The summed E-state index contributed by atoms with van der Waals surface area (Å²) in [5, 5.41) is 18.9. The van der Waals surface area contributed by atoms with Crippen LogP contribution in [-0.4, -0.2) is 46.2 Å². The van der Waals surface area contributed by atoms with E-state index in [0.29, 0.717) is 10.8 Å². The molecule has 3 aromatic heterocycles. The number of ether oxygens (including phenoxy) is 2. The zero-order valence-corrected chi connectivity index (χ0v) is 20.0. The van der Waals surface area contributed by atoms with Gasteiger partial charge in [-0.2, -0.15) is 5.10 Å². The maximum Gasteiger partial charge on any atom is 0.381 e. The third kappa shape index (κ3) is 4.29. The van der Waals surface area contributed by atoms with Gasteiger partial charge in [-0.25, -0.2) is 9.48 Å². The minimum Gasteiger partial charge on any atom is -0.488 e. The van der Waals surface area contributed by atoms with Crippen LogP contribution in [0.1, 0.15) is 33.4 Å². The minimum atomic E-state index is -0.784. The van der Waals surface area contributed by atoms with Gasteiger partial charge in [-0.15, -0.1) is 10.2 Å². The van der Waals surface area contributed by atoms with E-state index in [9.17, 15) is 9.59 Å². The summed E-state index contributed by atoms with van der Waals surface area (Å²) in [5.74, 6) is -0.887. The third-order valence-corrected chi connectivity index (χ3v) is 6.59. The van der Waals surface area contributed by atoms with Crippen LogP contribution < -0.4 is 21.0 Å². The standard InChI is InChI=1S/C23H22N6O5S/c1-12-8-9-24-29(12)23-28-27-22(35-23)26-20(30)17-11-15(19(33-3)21(31)34-17)25-18-14-7-5-4-6-13(14)10-16(18)32-2/h4-9,11,16,18,25H,10H2,1-3H3,(H,26,27,30)/t16-,18+/m0/s1. The van der Waals surface area contributed by atoms with Crippen LogP contribution in [0, 0.1) is 6.92 Å². The monoisotopic (exact) mass is 494 g/mol. The topological polar surface area (TPSA) is 133 Å². The number of hydrogen-bond acceptors (Lipinski definition) is 10. The zero-order valence-electron chi connectivity index (χ0n) is 19.1. The number of benzene rings is 1. The fourth-order valence-corrected chi connectivity index (χ4v) is 4.85. The Morgan fingerprint density at radius 1 is 1.23 bits per heavy atom. The second-order valence-electron chi connectivity index (χ2n) is 7.87. The summed E-state index contributed by atoms with van der Waals surface area (Å²) in [6.07, 6.45) is 2.20. The Kier molecular flexibility index (Phi) is 6.05. The number of nitrogens with zero attached hydrogens (tertiary/aromatic N) is 4. The van der Waals surface area contributed by atoms with Crippen molar-refractivity contribution in [1.29, 1.82) is 0 Å². The quantitative estimate of drug-likeness (QED) is 0.398. The van der Waals surface area contributed by atoms with Crippen LogP contribution in [-0.2, 0) is 11.2 Å². The summed E-state index contributed by atoms with van der Waals surface area (Å²) in [6.45, 7) is 1.88. The molecule has 0 saturated carbocycles. The molecule has 35 heavy (non-hydrogen) atoms. The fraction of sp³-hybridized carbons (Fsp3) is 0.261. The first-order chi connectivity index (χ1) is 17.0.